The highest BCUT2D eigenvalue weighted by Gasteiger charge is 2.27. The molecule has 13 heteroatoms. The lowest BCUT2D eigenvalue weighted by Crippen LogP contribution is -2.11. The van der Waals surface area contributed by atoms with Crippen molar-refractivity contribution in [2.75, 3.05) is 10.6 Å². The summed E-state index contributed by atoms with van der Waals surface area (Å²) >= 11 is 18.6. The van der Waals surface area contributed by atoms with Crippen LogP contribution in [-0.4, -0.2) is 28.9 Å². The number of H-pyrrole nitrogens is 1. The zero-order valence-corrected chi connectivity index (χ0v) is 29.2. The summed E-state index contributed by atoms with van der Waals surface area (Å²) in [4.78, 5) is 17.1. The van der Waals surface area contributed by atoms with Crippen LogP contribution in [0.1, 0.15) is 77.6 Å². The van der Waals surface area contributed by atoms with Crippen molar-refractivity contribution in [3.63, 3.8) is 0 Å². The molecule has 5 rings (SSSR count). The summed E-state index contributed by atoms with van der Waals surface area (Å²) in [5.41, 5.74) is 2.45. The minimum Gasteiger partial charge on any atom is -0.371 e. The lowest BCUT2D eigenvalue weighted by molar-refractivity contribution is -0.116. The van der Waals surface area contributed by atoms with Crippen molar-refractivity contribution in [2.24, 2.45) is 0 Å². The molecule has 0 radical (unpaired) electrons. The molecule has 0 aliphatic carbocycles. The zero-order valence-electron chi connectivity index (χ0n) is 26.1. The van der Waals surface area contributed by atoms with Crippen molar-refractivity contribution in [1.29, 1.82) is 0 Å². The first kappa shape index (κ1) is 34.9. The molecule has 0 saturated heterocycles. The number of hydrogen-bond acceptors (Lipinski definition) is 6. The summed E-state index contributed by atoms with van der Waals surface area (Å²) in [5, 5.41) is 9.82. The summed E-state index contributed by atoms with van der Waals surface area (Å²) < 4.78 is 34.2. The molecule has 5 aromatic rings. The second-order valence-corrected chi connectivity index (χ2v) is 14.3. The van der Waals surface area contributed by atoms with Crippen LogP contribution in [0.25, 0.3) is 16.7 Å². The van der Waals surface area contributed by atoms with Crippen molar-refractivity contribution in [1.82, 2.24) is 14.6 Å². The van der Waals surface area contributed by atoms with Crippen LogP contribution in [0.2, 0.25) is 15.1 Å². The van der Waals surface area contributed by atoms with E-state index in [1.807, 2.05) is 0 Å². The number of rotatable bonds is 17. The normalized spacial score (nSPS) is 11.7. The van der Waals surface area contributed by atoms with E-state index in [0.717, 1.165) is 19.3 Å². The summed E-state index contributed by atoms with van der Waals surface area (Å²) in [7, 11) is -4.42. The first-order chi connectivity index (χ1) is 22.7. The molecule has 47 heavy (non-hydrogen) atoms. The molecular formula is C34H38Cl3N5O4S. The standard InChI is InChI=1S/C34H38Cl3N5O4S/c1-2-3-4-5-6-7-8-9-10-11-16-31(43)38-24-18-19-29-28(22-24)40-34-32(46-47(44,45)30-20-17-23(35)21-26(30)37)33(41-42(29)34)39-27-15-13-12-14-25(27)36/h12-15,17-22,39,41H,2-11,16H2,1H3,(H,38,43). The smallest absolute Gasteiger partial charge is 0.340 e. The highest BCUT2D eigenvalue weighted by Crippen LogP contribution is 2.38. The molecule has 250 valence electrons. The molecule has 0 spiro atoms. The third-order valence-electron chi connectivity index (χ3n) is 7.84. The van der Waals surface area contributed by atoms with Gasteiger partial charge in [-0.25, -0.2) is 9.50 Å². The third kappa shape index (κ3) is 8.93. The number of amides is 1. The molecule has 0 unspecified atom stereocenters. The Balaban J connectivity index is 1.32. The van der Waals surface area contributed by atoms with Gasteiger partial charge in [-0.1, -0.05) is 112 Å². The average molecular weight is 719 g/mol. The van der Waals surface area contributed by atoms with E-state index in [9.17, 15) is 13.2 Å². The average Bonchev–Trinajstić information content (AvgIpc) is 3.54. The number of fused-ring (bicyclic) bond motifs is 3. The van der Waals surface area contributed by atoms with E-state index in [1.54, 1.807) is 47.0 Å². The minimum absolute atomic E-state index is 0.0603. The number of nitrogens with one attached hydrogen (secondary N) is 3. The van der Waals surface area contributed by atoms with Crippen molar-refractivity contribution in [2.45, 2.75) is 82.4 Å². The number of benzene rings is 3. The fourth-order valence-corrected chi connectivity index (χ4v) is 7.26. The van der Waals surface area contributed by atoms with Gasteiger partial charge in [0.25, 0.3) is 0 Å². The SMILES string of the molecule is CCCCCCCCCCCCC(=O)Nc1ccc2c(c1)nc1c(OS(=O)(=O)c3ccc(Cl)cc3Cl)c(Nc3ccccc3Cl)[nH]n12. The number of hydrogen-bond donors (Lipinski definition) is 3. The Bertz CT molecular complexity index is 1960. The van der Waals surface area contributed by atoms with E-state index in [2.05, 4.69) is 27.6 Å². The molecule has 2 heterocycles. The Morgan fingerprint density at radius 1 is 0.872 bits per heavy atom. The van der Waals surface area contributed by atoms with Gasteiger partial charge in [0.05, 0.1) is 26.8 Å². The molecule has 3 aromatic carbocycles. The van der Waals surface area contributed by atoms with Gasteiger partial charge in [0, 0.05) is 17.1 Å². The highest BCUT2D eigenvalue weighted by atomic mass is 35.5. The van der Waals surface area contributed by atoms with Crippen LogP contribution in [0.15, 0.2) is 65.6 Å². The minimum atomic E-state index is -4.42. The Hall–Kier alpha value is -3.44. The van der Waals surface area contributed by atoms with Crippen LogP contribution in [0.5, 0.6) is 5.75 Å². The predicted molar refractivity (Wildman–Crippen MR) is 191 cm³/mol. The van der Waals surface area contributed by atoms with Gasteiger partial charge in [-0.15, -0.1) is 0 Å². The van der Waals surface area contributed by atoms with Gasteiger partial charge in [-0.05, 0) is 55.0 Å². The van der Waals surface area contributed by atoms with Crippen molar-refractivity contribution in [3.05, 3.63) is 75.7 Å². The lowest BCUT2D eigenvalue weighted by atomic mass is 10.1. The van der Waals surface area contributed by atoms with Crippen LogP contribution in [0.4, 0.5) is 17.2 Å². The summed E-state index contributed by atoms with van der Waals surface area (Å²) in [5.74, 6) is 0.0404. The Morgan fingerprint density at radius 3 is 2.28 bits per heavy atom. The molecular weight excluding hydrogens is 681 g/mol. The number of aromatic nitrogens is 3. The second-order valence-electron chi connectivity index (χ2n) is 11.5. The van der Waals surface area contributed by atoms with Gasteiger partial charge in [0.15, 0.2) is 5.82 Å². The number of para-hydroxylation sites is 1. The first-order valence-corrected chi connectivity index (χ1v) is 18.5. The number of imidazole rings is 1. The van der Waals surface area contributed by atoms with E-state index in [1.165, 1.54) is 63.1 Å². The number of aromatic amines is 1. The van der Waals surface area contributed by atoms with Crippen molar-refractivity contribution >= 4 is 84.7 Å². The van der Waals surface area contributed by atoms with Crippen LogP contribution in [0.3, 0.4) is 0 Å². The summed E-state index contributed by atoms with van der Waals surface area (Å²) in [6, 6.07) is 16.3. The predicted octanol–water partition coefficient (Wildman–Crippen LogP) is 10.5. The Kier molecular flexibility index (Phi) is 12.0. The molecule has 0 aliphatic heterocycles. The maximum absolute atomic E-state index is 13.4. The molecule has 9 nitrogen and oxygen atoms in total. The molecule has 1 amide bonds. The topological polar surface area (TPSA) is 118 Å². The number of nitrogens with zero attached hydrogens (tertiary/aromatic N) is 2. The van der Waals surface area contributed by atoms with Crippen molar-refractivity contribution in [3.8, 4) is 5.75 Å². The fraction of sp³-hybridized carbons (Fsp3) is 0.353. The largest absolute Gasteiger partial charge is 0.371 e. The Morgan fingerprint density at radius 2 is 1.57 bits per heavy atom. The van der Waals surface area contributed by atoms with E-state index in [0.29, 0.717) is 33.9 Å². The van der Waals surface area contributed by atoms with Gasteiger partial charge in [-0.2, -0.15) is 8.42 Å². The quantitative estimate of drug-likeness (QED) is 0.0651. The van der Waals surface area contributed by atoms with Crippen LogP contribution >= 0.6 is 34.8 Å². The van der Waals surface area contributed by atoms with Gasteiger partial charge >= 0.3 is 10.1 Å². The third-order valence-corrected chi connectivity index (χ3v) is 10.1. The number of halogens is 3. The highest BCUT2D eigenvalue weighted by molar-refractivity contribution is 7.87. The van der Waals surface area contributed by atoms with Crippen LogP contribution in [-0.2, 0) is 14.9 Å². The van der Waals surface area contributed by atoms with E-state index >= 15 is 0 Å². The number of unbranched alkanes of at least 4 members (excludes halogenated alkanes) is 9. The van der Waals surface area contributed by atoms with Gasteiger partial charge < -0.3 is 14.8 Å². The monoisotopic (exact) mass is 717 g/mol. The number of anilines is 3. The first-order valence-electron chi connectivity index (χ1n) is 15.9. The lowest BCUT2D eigenvalue weighted by Gasteiger charge is -2.11. The fourth-order valence-electron chi connectivity index (χ4n) is 5.39. The zero-order chi connectivity index (χ0) is 33.4. The number of carbonyl (C=O) groups excluding carboxylic acids is 1. The van der Waals surface area contributed by atoms with Crippen LogP contribution < -0.4 is 14.8 Å². The number of carbonyl (C=O) groups is 1. The van der Waals surface area contributed by atoms with Gasteiger partial charge in [-0.3, -0.25) is 9.89 Å². The van der Waals surface area contributed by atoms with E-state index in [4.69, 9.17) is 39.0 Å². The van der Waals surface area contributed by atoms with Gasteiger partial charge in [0.1, 0.15) is 4.90 Å². The van der Waals surface area contributed by atoms with E-state index in [-0.39, 0.29) is 38.1 Å². The molecule has 0 atom stereocenters. The summed E-state index contributed by atoms with van der Waals surface area (Å²) in [6.45, 7) is 2.23. The van der Waals surface area contributed by atoms with Crippen molar-refractivity contribution < 1.29 is 17.4 Å². The van der Waals surface area contributed by atoms with E-state index < -0.39 is 10.1 Å². The van der Waals surface area contributed by atoms with Crippen LogP contribution in [0, 0.1) is 0 Å². The Labute approximate surface area is 290 Å². The molecule has 0 bridgehead atoms. The maximum Gasteiger partial charge on any atom is 0.340 e. The molecule has 0 fully saturated rings. The summed E-state index contributed by atoms with van der Waals surface area (Å²) in [6.07, 6.45) is 12.5. The maximum atomic E-state index is 13.4. The second kappa shape index (κ2) is 16.1. The molecule has 2 aromatic heterocycles. The molecule has 3 N–H and O–H groups in total. The van der Waals surface area contributed by atoms with Gasteiger partial charge in [0.2, 0.25) is 17.3 Å². The molecule has 0 saturated carbocycles. The molecule has 0 aliphatic rings.